The topological polar surface area (TPSA) is 6.48 Å². The fourth-order valence-electron chi connectivity index (χ4n) is 8.32. The Morgan fingerprint density at radius 3 is 1.25 bits per heavy atom. The maximum Gasteiger partial charge on any atom is 0.0765 e. The molecule has 0 saturated carbocycles. The average molecular weight is 774 g/mol. The van der Waals surface area contributed by atoms with E-state index >= 15 is 0 Å². The molecule has 2 nitrogen and oxygen atoms in total. The third kappa shape index (κ3) is 6.99. The van der Waals surface area contributed by atoms with Gasteiger partial charge in [0.15, 0.2) is 0 Å². The van der Waals surface area contributed by atoms with Gasteiger partial charge in [-0.3, -0.25) is 0 Å². The van der Waals surface area contributed by atoms with E-state index in [1.807, 2.05) is 11.8 Å². The van der Waals surface area contributed by atoms with E-state index in [-0.39, 0.29) is 21.0 Å². The van der Waals surface area contributed by atoms with E-state index in [4.69, 9.17) is 11.6 Å². The number of hydrogen-bond acceptors (Lipinski definition) is 3. The summed E-state index contributed by atoms with van der Waals surface area (Å²) < 4.78 is -0.205. The van der Waals surface area contributed by atoms with Crippen molar-refractivity contribution in [2.75, 3.05) is 9.80 Å². The third-order valence-corrected chi connectivity index (χ3v) is 13.1. The van der Waals surface area contributed by atoms with Gasteiger partial charge in [0.25, 0.3) is 0 Å². The molecule has 0 bridgehead atoms. The zero-order valence-corrected chi connectivity index (χ0v) is 35.8. The molecule has 4 heteroatoms. The lowest BCUT2D eigenvalue weighted by atomic mass is 9.86. The summed E-state index contributed by atoms with van der Waals surface area (Å²) in [5.41, 5.74) is 16.1. The summed E-state index contributed by atoms with van der Waals surface area (Å²) in [6.45, 7) is 20.4. The van der Waals surface area contributed by atoms with Gasteiger partial charge in [0.1, 0.15) is 0 Å². The van der Waals surface area contributed by atoms with Crippen molar-refractivity contribution in [2.24, 2.45) is 0 Å². The summed E-state index contributed by atoms with van der Waals surface area (Å²) in [6.07, 6.45) is 0.848. The second-order valence-electron chi connectivity index (χ2n) is 18.6. The first-order valence-corrected chi connectivity index (χ1v) is 21.1. The van der Waals surface area contributed by atoms with Crippen LogP contribution < -0.4 is 9.80 Å². The third-order valence-electron chi connectivity index (χ3n) is 11.5. The van der Waals surface area contributed by atoms with Crippen molar-refractivity contribution in [2.45, 2.75) is 89.7 Å². The fourth-order valence-corrected chi connectivity index (χ4v) is 9.91. The van der Waals surface area contributed by atoms with Gasteiger partial charge in [-0.25, -0.2) is 0 Å². The number of fused-ring (bicyclic) bond motifs is 5. The number of allylic oxidation sites excluding steroid dienone is 1. The molecule has 0 atom stereocenters. The van der Waals surface area contributed by atoms with Crippen molar-refractivity contribution in [3.8, 4) is 11.1 Å². The Hall–Kier alpha value is -4.70. The number of benzene rings is 6. The van der Waals surface area contributed by atoms with Crippen LogP contribution in [0, 0.1) is 0 Å². The van der Waals surface area contributed by atoms with Gasteiger partial charge in [-0.1, -0.05) is 159 Å². The fraction of sp³-hybridized carbons (Fsp3) is 0.269. The van der Waals surface area contributed by atoms with E-state index in [2.05, 4.69) is 217 Å². The van der Waals surface area contributed by atoms with E-state index in [0.717, 1.165) is 34.9 Å². The highest BCUT2D eigenvalue weighted by Crippen LogP contribution is 2.62. The van der Waals surface area contributed by atoms with Gasteiger partial charge in [0.05, 0.1) is 4.75 Å². The number of thioether (sulfide) groups is 1. The lowest BCUT2D eigenvalue weighted by Crippen LogP contribution is -2.23. The Labute approximate surface area is 344 Å². The van der Waals surface area contributed by atoms with Crippen LogP contribution in [0.2, 0.25) is 5.02 Å². The molecule has 0 unspecified atom stereocenters. The summed E-state index contributed by atoms with van der Waals surface area (Å²) in [5, 5.41) is 3.08. The summed E-state index contributed by atoms with van der Waals surface area (Å²) >= 11 is 9.18. The molecule has 0 N–H and O–H groups in total. The number of anilines is 5. The Morgan fingerprint density at radius 2 is 0.839 bits per heavy atom. The lowest BCUT2D eigenvalue weighted by Gasteiger charge is -2.33. The normalized spacial score (nSPS) is 14.7. The predicted molar refractivity (Wildman–Crippen MR) is 244 cm³/mol. The number of nitrogens with zero attached hydrogens (tertiary/aromatic N) is 2. The first kappa shape index (κ1) is 38.2. The molecule has 1 heterocycles. The Morgan fingerprint density at radius 1 is 0.464 bits per heavy atom. The number of halogens is 1. The molecule has 1 aliphatic heterocycles. The SMILES string of the molecule is CC(C)(C)c1ccc(N(C2=CSC3(C2)c2ccccc2-c2ccccc23)c2cc(Cl)cc(N(c3ccc(C(C)(C)C)cc3)c3ccc(C(C)(C)C)cc3)c2)cc1. The monoisotopic (exact) mass is 772 g/mol. The van der Waals surface area contributed by atoms with E-state index in [0.29, 0.717) is 5.02 Å². The Balaban J connectivity index is 1.28. The highest BCUT2D eigenvalue weighted by Gasteiger charge is 2.47. The quantitative estimate of drug-likeness (QED) is 0.166. The zero-order chi connectivity index (χ0) is 39.6. The molecule has 6 aromatic rings. The van der Waals surface area contributed by atoms with Crippen molar-refractivity contribution in [3.05, 3.63) is 183 Å². The van der Waals surface area contributed by atoms with Crippen LogP contribution in [0.5, 0.6) is 0 Å². The van der Waals surface area contributed by atoms with Crippen LogP contribution >= 0.6 is 23.4 Å². The largest absolute Gasteiger partial charge is 0.314 e. The van der Waals surface area contributed by atoms with E-state index in [9.17, 15) is 0 Å². The number of hydrogen-bond donors (Lipinski definition) is 0. The average Bonchev–Trinajstić information content (AvgIpc) is 3.71. The standard InChI is InChI=1S/C52H53ClN2S/c1-49(2,3)35-18-24-39(25-19-35)54(40-26-20-36(21-27-40)50(4,5)6)42-30-38(53)31-43(32-42)55(41-28-22-37(23-29-41)51(7,8)9)44-33-52(56-34-44)47-16-12-10-14-45(47)46-15-11-13-17-48(46)52/h10-32,34H,33H2,1-9H3. The summed E-state index contributed by atoms with van der Waals surface area (Å²) in [5.74, 6) is 0. The Bertz CT molecular complexity index is 2320. The predicted octanol–water partition coefficient (Wildman–Crippen LogP) is 15.7. The molecule has 0 saturated heterocycles. The molecule has 2 aliphatic rings. The van der Waals surface area contributed by atoms with Crippen LogP contribution in [0.15, 0.2) is 151 Å². The van der Waals surface area contributed by atoms with Crippen LogP contribution in [0.4, 0.5) is 28.4 Å². The molecular weight excluding hydrogens is 720 g/mol. The molecule has 56 heavy (non-hydrogen) atoms. The van der Waals surface area contributed by atoms with Crippen LogP contribution in [0.1, 0.15) is 96.6 Å². The zero-order valence-electron chi connectivity index (χ0n) is 34.2. The molecule has 0 amide bonds. The van der Waals surface area contributed by atoms with E-state index in [1.165, 1.54) is 44.6 Å². The summed E-state index contributed by atoms with van der Waals surface area (Å²) in [7, 11) is 0. The van der Waals surface area contributed by atoms with Crippen LogP contribution in [-0.2, 0) is 21.0 Å². The maximum absolute atomic E-state index is 7.24. The van der Waals surface area contributed by atoms with Crippen LogP contribution in [0.25, 0.3) is 11.1 Å². The molecule has 1 spiro atoms. The summed E-state index contributed by atoms with van der Waals surface area (Å²) in [4.78, 5) is 4.79. The molecule has 8 rings (SSSR count). The first-order valence-electron chi connectivity index (χ1n) is 19.8. The van der Waals surface area contributed by atoms with Crippen molar-refractivity contribution in [1.82, 2.24) is 0 Å². The highest BCUT2D eigenvalue weighted by molar-refractivity contribution is 8.03. The van der Waals surface area contributed by atoms with Gasteiger partial charge in [-0.15, -0.1) is 11.8 Å². The van der Waals surface area contributed by atoms with Crippen molar-refractivity contribution < 1.29 is 0 Å². The molecule has 0 fully saturated rings. The molecule has 1 aliphatic carbocycles. The van der Waals surface area contributed by atoms with Crippen LogP contribution in [0.3, 0.4) is 0 Å². The van der Waals surface area contributed by atoms with Crippen molar-refractivity contribution in [3.63, 3.8) is 0 Å². The minimum atomic E-state index is -0.205. The van der Waals surface area contributed by atoms with Gasteiger partial charge in [-0.2, -0.15) is 0 Å². The van der Waals surface area contributed by atoms with E-state index in [1.54, 1.807) is 0 Å². The highest BCUT2D eigenvalue weighted by atomic mass is 35.5. The summed E-state index contributed by atoms with van der Waals surface area (Å²) in [6, 6.07) is 51.6. The van der Waals surface area contributed by atoms with Gasteiger partial charge in [0.2, 0.25) is 0 Å². The molecule has 0 aromatic heterocycles. The van der Waals surface area contributed by atoms with Crippen molar-refractivity contribution >= 4 is 51.8 Å². The number of rotatable bonds is 6. The smallest absolute Gasteiger partial charge is 0.0765 e. The van der Waals surface area contributed by atoms with Crippen molar-refractivity contribution in [1.29, 1.82) is 0 Å². The van der Waals surface area contributed by atoms with Gasteiger partial charge in [-0.05, 0) is 115 Å². The molecular formula is C52H53ClN2S. The minimum absolute atomic E-state index is 0.0436. The lowest BCUT2D eigenvalue weighted by molar-refractivity contribution is 0.590. The molecule has 6 aromatic carbocycles. The second-order valence-corrected chi connectivity index (χ2v) is 20.2. The minimum Gasteiger partial charge on any atom is -0.314 e. The Kier molecular flexibility index (Phi) is 9.58. The van der Waals surface area contributed by atoms with Crippen LogP contribution in [-0.4, -0.2) is 0 Å². The first-order chi connectivity index (χ1) is 26.5. The molecule has 284 valence electrons. The molecule has 0 radical (unpaired) electrons. The maximum atomic E-state index is 7.24. The second kappa shape index (κ2) is 14.0. The van der Waals surface area contributed by atoms with E-state index < -0.39 is 0 Å². The van der Waals surface area contributed by atoms with Gasteiger partial charge < -0.3 is 9.80 Å². The van der Waals surface area contributed by atoms with Gasteiger partial charge in [0, 0.05) is 45.6 Å². The van der Waals surface area contributed by atoms with Gasteiger partial charge >= 0.3 is 0 Å².